The second kappa shape index (κ2) is 9.25. The highest BCUT2D eigenvalue weighted by Crippen LogP contribution is 2.35. The normalized spacial score (nSPS) is 26.7. The van der Waals surface area contributed by atoms with Gasteiger partial charge in [-0.2, -0.15) is 0 Å². The molecule has 6 heteroatoms. The number of amides is 3. The first-order valence-corrected chi connectivity index (χ1v) is 11.6. The summed E-state index contributed by atoms with van der Waals surface area (Å²) in [7, 11) is 0. The van der Waals surface area contributed by atoms with Crippen molar-refractivity contribution in [1.82, 2.24) is 10.2 Å². The Morgan fingerprint density at radius 1 is 1.10 bits per heavy atom. The maximum absolute atomic E-state index is 12.5. The number of hydrogen-bond acceptors (Lipinski definition) is 4. The van der Waals surface area contributed by atoms with Crippen LogP contribution in [0.15, 0.2) is 36.4 Å². The molecule has 3 amide bonds. The van der Waals surface area contributed by atoms with Crippen molar-refractivity contribution < 1.29 is 14.4 Å². The lowest BCUT2D eigenvalue weighted by molar-refractivity contribution is -0.140. The number of nitrogens with zero attached hydrogens (tertiary/aromatic N) is 2. The minimum Gasteiger partial charge on any atom is -0.371 e. The topological polar surface area (TPSA) is 69.7 Å². The van der Waals surface area contributed by atoms with Gasteiger partial charge < -0.3 is 10.2 Å². The Morgan fingerprint density at radius 2 is 1.74 bits per heavy atom. The average molecular weight is 424 g/mol. The number of rotatable bonds is 6. The summed E-state index contributed by atoms with van der Waals surface area (Å²) < 4.78 is 0. The number of likely N-dealkylation sites (tertiary alicyclic amines) is 1. The summed E-state index contributed by atoms with van der Waals surface area (Å²) in [6.45, 7) is 6.61. The largest absolute Gasteiger partial charge is 0.371 e. The van der Waals surface area contributed by atoms with E-state index in [4.69, 9.17) is 0 Å². The fraction of sp³-hybridized carbons (Fsp3) is 0.560. The molecule has 3 aliphatic rings. The number of nitrogens with one attached hydrogen (secondary N) is 1. The third-order valence-corrected chi connectivity index (χ3v) is 6.95. The van der Waals surface area contributed by atoms with Gasteiger partial charge in [0.2, 0.25) is 17.7 Å². The summed E-state index contributed by atoms with van der Waals surface area (Å²) >= 11 is 0. The van der Waals surface area contributed by atoms with Crippen LogP contribution in [-0.2, 0) is 14.4 Å². The van der Waals surface area contributed by atoms with Crippen LogP contribution in [0.1, 0.15) is 57.6 Å². The number of imide groups is 1. The lowest BCUT2D eigenvalue weighted by Gasteiger charge is -2.33. The van der Waals surface area contributed by atoms with E-state index >= 15 is 0 Å². The summed E-state index contributed by atoms with van der Waals surface area (Å²) in [6, 6.07) is 8.29. The van der Waals surface area contributed by atoms with E-state index in [1.165, 1.54) is 23.4 Å². The molecule has 2 fully saturated rings. The summed E-state index contributed by atoms with van der Waals surface area (Å²) in [5.74, 6) is -0.135. The van der Waals surface area contributed by atoms with Crippen molar-refractivity contribution in [3.05, 3.63) is 42.0 Å². The van der Waals surface area contributed by atoms with Crippen LogP contribution >= 0.6 is 0 Å². The Balaban J connectivity index is 1.28. The Labute approximate surface area is 184 Å². The van der Waals surface area contributed by atoms with Crippen LogP contribution < -0.4 is 10.2 Å². The van der Waals surface area contributed by atoms with Crippen LogP contribution in [-0.4, -0.2) is 42.3 Å². The number of piperidine rings is 1. The van der Waals surface area contributed by atoms with E-state index in [0.717, 1.165) is 24.6 Å². The minimum absolute atomic E-state index is 0.122. The molecule has 0 bridgehead atoms. The third kappa shape index (κ3) is 4.68. The lowest BCUT2D eigenvalue weighted by atomic mass is 9.85. The first-order chi connectivity index (χ1) is 14.9. The molecule has 2 unspecified atom stereocenters. The van der Waals surface area contributed by atoms with Gasteiger partial charge in [0.1, 0.15) is 0 Å². The van der Waals surface area contributed by atoms with Crippen molar-refractivity contribution in [2.75, 3.05) is 24.5 Å². The Hall–Kier alpha value is -2.63. The van der Waals surface area contributed by atoms with Gasteiger partial charge in [0.15, 0.2) is 0 Å². The molecular formula is C25H33N3O3. The number of hydrogen-bond donors (Lipinski definition) is 1. The van der Waals surface area contributed by atoms with Crippen LogP contribution in [0.3, 0.4) is 0 Å². The standard InChI is InChI=1S/C25H33N3O3/c1-17-6-5-14-27(16-17)20-11-9-19(10-12-20)18(2)26-23(29)13-15-28-24(30)21-7-3-4-8-22(21)25(28)31/h3-4,9-12,17-18,21-22H,5-8,13-16H2,1-2H3,(H,26,29)/t17?,18?,21-,22+. The van der Waals surface area contributed by atoms with Gasteiger partial charge in [-0.05, 0) is 56.2 Å². The molecular weight excluding hydrogens is 390 g/mol. The van der Waals surface area contributed by atoms with Gasteiger partial charge in [0, 0.05) is 31.7 Å². The van der Waals surface area contributed by atoms with E-state index in [1.54, 1.807) is 0 Å². The van der Waals surface area contributed by atoms with E-state index < -0.39 is 0 Å². The Bertz CT molecular complexity index is 837. The van der Waals surface area contributed by atoms with E-state index in [9.17, 15) is 14.4 Å². The van der Waals surface area contributed by atoms with Crippen LogP contribution in [0.2, 0.25) is 0 Å². The van der Waals surface area contributed by atoms with E-state index in [1.807, 2.05) is 19.1 Å². The molecule has 1 aromatic rings. The van der Waals surface area contributed by atoms with E-state index in [0.29, 0.717) is 12.8 Å². The first kappa shape index (κ1) is 21.6. The van der Waals surface area contributed by atoms with Gasteiger partial charge in [0.25, 0.3) is 0 Å². The predicted molar refractivity (Wildman–Crippen MR) is 120 cm³/mol. The van der Waals surface area contributed by atoms with Crippen molar-refractivity contribution >= 4 is 23.4 Å². The predicted octanol–water partition coefficient (Wildman–Crippen LogP) is 3.44. The zero-order valence-corrected chi connectivity index (χ0v) is 18.5. The fourth-order valence-corrected chi connectivity index (χ4v) is 5.10. The molecule has 4 atom stereocenters. The van der Waals surface area contributed by atoms with Gasteiger partial charge in [-0.15, -0.1) is 0 Å². The molecule has 0 saturated carbocycles. The molecule has 2 saturated heterocycles. The number of carbonyl (C=O) groups excluding carboxylic acids is 3. The number of carbonyl (C=O) groups is 3. The Kier molecular flexibility index (Phi) is 6.44. The van der Waals surface area contributed by atoms with Crippen molar-refractivity contribution in [2.24, 2.45) is 17.8 Å². The minimum atomic E-state index is -0.235. The molecule has 1 aliphatic carbocycles. The summed E-state index contributed by atoms with van der Waals surface area (Å²) in [5.41, 5.74) is 2.28. The lowest BCUT2D eigenvalue weighted by Crippen LogP contribution is -2.36. The molecule has 6 nitrogen and oxygen atoms in total. The third-order valence-electron chi connectivity index (χ3n) is 6.95. The zero-order chi connectivity index (χ0) is 22.0. The van der Waals surface area contributed by atoms with Crippen molar-refractivity contribution in [3.8, 4) is 0 Å². The second-order valence-electron chi connectivity index (χ2n) is 9.31. The van der Waals surface area contributed by atoms with Gasteiger partial charge in [-0.25, -0.2) is 0 Å². The van der Waals surface area contributed by atoms with Gasteiger partial charge in [-0.1, -0.05) is 31.2 Å². The molecule has 0 radical (unpaired) electrons. The maximum atomic E-state index is 12.5. The maximum Gasteiger partial charge on any atom is 0.233 e. The molecule has 2 heterocycles. The van der Waals surface area contributed by atoms with Gasteiger partial charge in [0.05, 0.1) is 17.9 Å². The van der Waals surface area contributed by atoms with E-state index in [-0.39, 0.29) is 48.6 Å². The molecule has 2 aliphatic heterocycles. The summed E-state index contributed by atoms with van der Waals surface area (Å²) in [5, 5.41) is 3.00. The first-order valence-electron chi connectivity index (χ1n) is 11.6. The highest BCUT2D eigenvalue weighted by atomic mass is 16.2. The van der Waals surface area contributed by atoms with Crippen molar-refractivity contribution in [2.45, 2.75) is 52.0 Å². The van der Waals surface area contributed by atoms with Crippen molar-refractivity contribution in [3.63, 3.8) is 0 Å². The highest BCUT2D eigenvalue weighted by molar-refractivity contribution is 6.05. The second-order valence-corrected chi connectivity index (χ2v) is 9.31. The molecule has 0 spiro atoms. The number of allylic oxidation sites excluding steroid dienone is 2. The highest BCUT2D eigenvalue weighted by Gasteiger charge is 2.46. The molecule has 4 rings (SSSR count). The summed E-state index contributed by atoms with van der Waals surface area (Å²) in [4.78, 5) is 41.3. The Morgan fingerprint density at radius 3 is 2.35 bits per heavy atom. The van der Waals surface area contributed by atoms with Gasteiger partial charge >= 0.3 is 0 Å². The molecule has 1 N–H and O–H groups in total. The van der Waals surface area contributed by atoms with Crippen LogP contribution in [0.25, 0.3) is 0 Å². The average Bonchev–Trinajstić information content (AvgIpc) is 3.02. The van der Waals surface area contributed by atoms with Crippen LogP contribution in [0, 0.1) is 17.8 Å². The molecule has 1 aromatic carbocycles. The quantitative estimate of drug-likeness (QED) is 0.562. The van der Waals surface area contributed by atoms with E-state index in [2.05, 4.69) is 41.4 Å². The zero-order valence-electron chi connectivity index (χ0n) is 18.5. The monoisotopic (exact) mass is 423 g/mol. The number of benzene rings is 1. The number of fused-ring (bicyclic) bond motifs is 1. The SMILES string of the molecule is CC1CCCN(c2ccc(C(C)NC(=O)CCN3C(=O)[C@H]4CC=CC[C@H]4C3=O)cc2)C1. The van der Waals surface area contributed by atoms with Crippen molar-refractivity contribution in [1.29, 1.82) is 0 Å². The summed E-state index contributed by atoms with van der Waals surface area (Å²) in [6.07, 6.45) is 7.86. The van der Waals surface area contributed by atoms with Crippen LogP contribution in [0.5, 0.6) is 0 Å². The van der Waals surface area contributed by atoms with Gasteiger partial charge in [-0.3, -0.25) is 19.3 Å². The molecule has 166 valence electrons. The number of anilines is 1. The fourth-order valence-electron chi connectivity index (χ4n) is 5.10. The molecule has 0 aromatic heterocycles. The molecule has 31 heavy (non-hydrogen) atoms. The smallest absolute Gasteiger partial charge is 0.233 e. The van der Waals surface area contributed by atoms with Crippen LogP contribution in [0.4, 0.5) is 5.69 Å².